The lowest BCUT2D eigenvalue weighted by atomic mass is 10.1. The summed E-state index contributed by atoms with van der Waals surface area (Å²) in [5, 5.41) is 11.3. The van der Waals surface area contributed by atoms with E-state index in [-0.39, 0.29) is 22.2 Å². The number of Topliss-reactive ketones (excluding diaryl/α,β-unsaturated/α-hetero) is 1. The van der Waals surface area contributed by atoms with E-state index >= 15 is 0 Å². The van der Waals surface area contributed by atoms with Crippen LogP contribution in [0.15, 0.2) is 40.9 Å². The van der Waals surface area contributed by atoms with Crippen LogP contribution in [-0.4, -0.2) is 10.7 Å². The first-order valence-electron chi connectivity index (χ1n) is 5.81. The Bertz CT molecular complexity index is 733. The smallest absolute Gasteiger partial charge is 0.313 e. The highest BCUT2D eigenvalue weighted by molar-refractivity contribution is 9.10. The number of nitro benzene ring substituents is 1. The normalized spacial score (nSPS) is 10.2. The molecule has 5 nitrogen and oxygen atoms in total. The summed E-state index contributed by atoms with van der Waals surface area (Å²) in [5.41, 5.74) is 0.282. The maximum Gasteiger partial charge on any atom is 0.313 e. The second-order valence-corrected chi connectivity index (χ2v) is 5.46. The van der Waals surface area contributed by atoms with Gasteiger partial charge in [0.25, 0.3) is 0 Å². The van der Waals surface area contributed by atoms with Crippen LogP contribution in [0.2, 0.25) is 5.02 Å². The molecule has 0 N–H and O–H groups in total. The predicted octanol–water partition coefficient (Wildman–Crippen LogP) is 5.01. The molecule has 0 atom stereocenters. The molecule has 0 spiro atoms. The number of ketones is 1. The highest BCUT2D eigenvalue weighted by Gasteiger charge is 2.17. The largest absolute Gasteiger partial charge is 0.449 e. The van der Waals surface area contributed by atoms with E-state index in [0.29, 0.717) is 15.8 Å². The lowest BCUT2D eigenvalue weighted by Crippen LogP contribution is -1.96. The number of nitro groups is 1. The molecule has 0 aliphatic heterocycles. The van der Waals surface area contributed by atoms with Crippen LogP contribution in [0.25, 0.3) is 0 Å². The molecular formula is C14H9BrClNO4. The number of ether oxygens (including phenoxy) is 1. The minimum absolute atomic E-state index is 0.0701. The standard InChI is InChI=1S/C14H9BrClNO4/c1-8(18)9-2-4-13(11(15)6-9)21-14-5-3-10(16)7-12(14)17(19)20/h2-7H,1H3. The summed E-state index contributed by atoms with van der Waals surface area (Å²) in [7, 11) is 0. The molecule has 2 aromatic rings. The van der Waals surface area contributed by atoms with E-state index in [4.69, 9.17) is 16.3 Å². The molecular weight excluding hydrogens is 362 g/mol. The van der Waals surface area contributed by atoms with Crippen molar-refractivity contribution in [3.63, 3.8) is 0 Å². The van der Waals surface area contributed by atoms with Gasteiger partial charge in [0.2, 0.25) is 5.75 Å². The number of nitrogens with zero attached hydrogens (tertiary/aromatic N) is 1. The van der Waals surface area contributed by atoms with E-state index < -0.39 is 4.92 Å². The van der Waals surface area contributed by atoms with E-state index in [9.17, 15) is 14.9 Å². The maximum absolute atomic E-state index is 11.3. The molecule has 0 saturated carbocycles. The number of hydrogen-bond donors (Lipinski definition) is 0. The molecule has 2 aromatic carbocycles. The van der Waals surface area contributed by atoms with E-state index in [1.165, 1.54) is 25.1 Å². The third-order valence-electron chi connectivity index (χ3n) is 2.68. The minimum atomic E-state index is -0.570. The van der Waals surface area contributed by atoms with Gasteiger partial charge in [-0.2, -0.15) is 0 Å². The van der Waals surface area contributed by atoms with Crippen molar-refractivity contribution in [3.8, 4) is 11.5 Å². The molecule has 0 fully saturated rings. The Labute approximate surface area is 133 Å². The summed E-state index contributed by atoms with van der Waals surface area (Å²) in [5.74, 6) is 0.353. The molecule has 108 valence electrons. The van der Waals surface area contributed by atoms with Gasteiger partial charge in [-0.1, -0.05) is 11.6 Å². The molecule has 0 aromatic heterocycles. The molecule has 0 aliphatic carbocycles. The monoisotopic (exact) mass is 369 g/mol. The van der Waals surface area contributed by atoms with Gasteiger partial charge < -0.3 is 4.74 Å². The van der Waals surface area contributed by atoms with Crippen LogP contribution >= 0.6 is 27.5 Å². The molecule has 0 heterocycles. The van der Waals surface area contributed by atoms with Crippen LogP contribution in [0.1, 0.15) is 17.3 Å². The summed E-state index contributed by atoms with van der Waals surface area (Å²) in [6.07, 6.45) is 0. The zero-order valence-electron chi connectivity index (χ0n) is 10.8. The summed E-state index contributed by atoms with van der Waals surface area (Å²) in [6.45, 7) is 1.45. The molecule has 0 amide bonds. The van der Waals surface area contributed by atoms with E-state index in [0.717, 1.165) is 0 Å². The molecule has 0 radical (unpaired) electrons. The lowest BCUT2D eigenvalue weighted by Gasteiger charge is -2.09. The van der Waals surface area contributed by atoms with Gasteiger partial charge in [0.15, 0.2) is 5.78 Å². The topological polar surface area (TPSA) is 69.4 Å². The second kappa shape index (κ2) is 6.24. The van der Waals surface area contributed by atoms with Crippen LogP contribution in [0.4, 0.5) is 5.69 Å². The summed E-state index contributed by atoms with van der Waals surface area (Å²) in [4.78, 5) is 21.7. The SMILES string of the molecule is CC(=O)c1ccc(Oc2ccc(Cl)cc2[N+](=O)[O-])c(Br)c1. The highest BCUT2D eigenvalue weighted by Crippen LogP contribution is 2.36. The van der Waals surface area contributed by atoms with Crippen molar-refractivity contribution >= 4 is 39.0 Å². The summed E-state index contributed by atoms with van der Waals surface area (Å²) in [6, 6.07) is 8.89. The van der Waals surface area contributed by atoms with Crippen molar-refractivity contribution in [3.05, 3.63) is 61.6 Å². The van der Waals surface area contributed by atoms with Gasteiger partial charge in [0, 0.05) is 16.7 Å². The number of hydrogen-bond acceptors (Lipinski definition) is 4. The van der Waals surface area contributed by atoms with Gasteiger partial charge in [-0.25, -0.2) is 0 Å². The van der Waals surface area contributed by atoms with E-state index in [2.05, 4.69) is 15.9 Å². The van der Waals surface area contributed by atoms with Gasteiger partial charge in [0.1, 0.15) is 5.75 Å². The number of halogens is 2. The number of carbonyl (C=O) groups excluding carboxylic acids is 1. The third-order valence-corrected chi connectivity index (χ3v) is 3.53. The van der Waals surface area contributed by atoms with Crippen LogP contribution in [0, 0.1) is 10.1 Å². The lowest BCUT2D eigenvalue weighted by molar-refractivity contribution is -0.385. The molecule has 7 heteroatoms. The fourth-order valence-electron chi connectivity index (χ4n) is 1.64. The predicted molar refractivity (Wildman–Crippen MR) is 82.3 cm³/mol. The van der Waals surface area contributed by atoms with Gasteiger partial charge >= 0.3 is 5.69 Å². The molecule has 0 saturated heterocycles. The van der Waals surface area contributed by atoms with Gasteiger partial charge in [0.05, 0.1) is 9.40 Å². The van der Waals surface area contributed by atoms with Gasteiger partial charge in [-0.05, 0) is 53.2 Å². The zero-order chi connectivity index (χ0) is 15.6. The molecule has 21 heavy (non-hydrogen) atoms. The average Bonchev–Trinajstić information content (AvgIpc) is 2.42. The van der Waals surface area contributed by atoms with Crippen molar-refractivity contribution in [1.29, 1.82) is 0 Å². The fraction of sp³-hybridized carbons (Fsp3) is 0.0714. The first-order chi connectivity index (χ1) is 9.88. The number of carbonyl (C=O) groups is 1. The van der Waals surface area contributed by atoms with E-state index in [1.54, 1.807) is 18.2 Å². The Kier molecular flexibility index (Phi) is 4.59. The first kappa shape index (κ1) is 15.5. The van der Waals surface area contributed by atoms with Gasteiger partial charge in [-0.15, -0.1) is 0 Å². The molecule has 0 unspecified atom stereocenters. The number of benzene rings is 2. The zero-order valence-corrected chi connectivity index (χ0v) is 13.1. The maximum atomic E-state index is 11.3. The van der Waals surface area contributed by atoms with Crippen molar-refractivity contribution in [2.75, 3.05) is 0 Å². The van der Waals surface area contributed by atoms with Crippen LogP contribution in [-0.2, 0) is 0 Å². The Hall–Kier alpha value is -1.92. The average molecular weight is 371 g/mol. The van der Waals surface area contributed by atoms with Crippen LogP contribution < -0.4 is 4.74 Å². The van der Waals surface area contributed by atoms with Crippen LogP contribution in [0.3, 0.4) is 0 Å². The fourth-order valence-corrected chi connectivity index (χ4v) is 2.27. The van der Waals surface area contributed by atoms with Gasteiger partial charge in [-0.3, -0.25) is 14.9 Å². The minimum Gasteiger partial charge on any atom is -0.449 e. The Balaban J connectivity index is 2.39. The quantitative estimate of drug-likeness (QED) is 0.431. The molecule has 0 bridgehead atoms. The van der Waals surface area contributed by atoms with Crippen molar-refractivity contribution in [1.82, 2.24) is 0 Å². The van der Waals surface area contributed by atoms with Crippen molar-refractivity contribution < 1.29 is 14.5 Å². The highest BCUT2D eigenvalue weighted by atomic mass is 79.9. The summed E-state index contributed by atoms with van der Waals surface area (Å²) < 4.78 is 6.06. The first-order valence-corrected chi connectivity index (χ1v) is 6.98. The van der Waals surface area contributed by atoms with E-state index in [1.807, 2.05) is 0 Å². The number of rotatable bonds is 4. The van der Waals surface area contributed by atoms with Crippen LogP contribution in [0.5, 0.6) is 11.5 Å². The molecule has 2 rings (SSSR count). The molecule has 0 aliphatic rings. The van der Waals surface area contributed by atoms with Crippen molar-refractivity contribution in [2.45, 2.75) is 6.92 Å². The summed E-state index contributed by atoms with van der Waals surface area (Å²) >= 11 is 9.02. The Morgan fingerprint density at radius 3 is 2.48 bits per heavy atom. The third kappa shape index (κ3) is 3.59. The Morgan fingerprint density at radius 1 is 1.24 bits per heavy atom. The second-order valence-electron chi connectivity index (χ2n) is 4.17. The Morgan fingerprint density at radius 2 is 1.90 bits per heavy atom. The van der Waals surface area contributed by atoms with Crippen molar-refractivity contribution in [2.24, 2.45) is 0 Å².